The highest BCUT2D eigenvalue weighted by atomic mass is 16.5. The molecule has 0 aromatic heterocycles. The van der Waals surface area contributed by atoms with E-state index in [1.165, 1.54) is 0 Å². The second-order valence-electron chi connectivity index (χ2n) is 5.21. The highest BCUT2D eigenvalue weighted by molar-refractivity contribution is 5.92. The third kappa shape index (κ3) is 1.47. The lowest BCUT2D eigenvalue weighted by Crippen LogP contribution is -2.46. The number of nitrogens with one attached hydrogen (secondary N) is 1. The van der Waals surface area contributed by atoms with Crippen LogP contribution in [-0.2, 0) is 9.53 Å². The van der Waals surface area contributed by atoms with Gasteiger partial charge in [-0.3, -0.25) is 10.1 Å². The van der Waals surface area contributed by atoms with Gasteiger partial charge in [-0.15, -0.1) is 0 Å². The van der Waals surface area contributed by atoms with Crippen LogP contribution in [0.3, 0.4) is 0 Å². The van der Waals surface area contributed by atoms with Gasteiger partial charge >= 0.3 is 0 Å². The third-order valence-electron chi connectivity index (χ3n) is 4.14. The number of carbonyl (C=O) groups is 1. The first-order valence-corrected chi connectivity index (χ1v) is 6.45. The van der Waals surface area contributed by atoms with Crippen LogP contribution in [0.1, 0.15) is 39.0 Å². The summed E-state index contributed by atoms with van der Waals surface area (Å²) in [4.78, 5) is 14.5. The van der Waals surface area contributed by atoms with E-state index in [-0.39, 0.29) is 11.7 Å². The molecule has 1 spiro atoms. The number of amides is 1. The molecular weight excluding hydrogens is 204 g/mol. The molecular formula is C12H20N2O2. The standard InChI is InChI=1S/C12H20N2O2/c1-2-10-13-12(5-6-12)11(15)14(10)9-3-7-16-8-4-9/h9-10,13H,2-8H2,1H3. The van der Waals surface area contributed by atoms with Crippen LogP contribution in [0.15, 0.2) is 0 Å². The van der Waals surface area contributed by atoms with Gasteiger partial charge < -0.3 is 9.64 Å². The van der Waals surface area contributed by atoms with Crippen LogP contribution in [0, 0.1) is 0 Å². The quantitative estimate of drug-likeness (QED) is 0.756. The monoisotopic (exact) mass is 224 g/mol. The second-order valence-corrected chi connectivity index (χ2v) is 5.21. The summed E-state index contributed by atoms with van der Waals surface area (Å²) in [6.45, 7) is 3.76. The minimum atomic E-state index is -0.154. The third-order valence-corrected chi connectivity index (χ3v) is 4.14. The van der Waals surface area contributed by atoms with Crippen molar-refractivity contribution >= 4 is 5.91 Å². The minimum Gasteiger partial charge on any atom is -0.381 e. The summed E-state index contributed by atoms with van der Waals surface area (Å²) in [5.41, 5.74) is -0.154. The van der Waals surface area contributed by atoms with E-state index >= 15 is 0 Å². The summed E-state index contributed by atoms with van der Waals surface area (Å²) in [5, 5.41) is 3.52. The highest BCUT2D eigenvalue weighted by Crippen LogP contribution is 2.44. The van der Waals surface area contributed by atoms with Gasteiger partial charge in [0, 0.05) is 19.3 Å². The van der Waals surface area contributed by atoms with Gasteiger partial charge in [-0.1, -0.05) is 6.92 Å². The van der Waals surface area contributed by atoms with Crippen LogP contribution in [0.2, 0.25) is 0 Å². The predicted octanol–water partition coefficient (Wildman–Crippen LogP) is 0.866. The van der Waals surface area contributed by atoms with E-state index in [1.54, 1.807) is 0 Å². The molecule has 90 valence electrons. The van der Waals surface area contributed by atoms with Crippen molar-refractivity contribution in [2.24, 2.45) is 0 Å². The zero-order valence-electron chi connectivity index (χ0n) is 9.87. The van der Waals surface area contributed by atoms with Crippen LogP contribution >= 0.6 is 0 Å². The van der Waals surface area contributed by atoms with Gasteiger partial charge in [0.2, 0.25) is 5.91 Å². The molecule has 2 saturated heterocycles. The molecule has 1 saturated carbocycles. The van der Waals surface area contributed by atoms with Crippen molar-refractivity contribution in [1.82, 2.24) is 10.2 Å². The molecule has 4 heteroatoms. The SMILES string of the molecule is CCC1NC2(CC2)C(=O)N1C1CCOCC1. The van der Waals surface area contributed by atoms with Gasteiger partial charge in [0.1, 0.15) is 0 Å². The molecule has 4 nitrogen and oxygen atoms in total. The molecule has 0 aromatic carbocycles. The Morgan fingerprint density at radius 1 is 1.44 bits per heavy atom. The maximum atomic E-state index is 12.4. The van der Waals surface area contributed by atoms with Gasteiger partial charge in [-0.25, -0.2) is 0 Å². The molecule has 0 radical (unpaired) electrons. The molecule has 16 heavy (non-hydrogen) atoms. The smallest absolute Gasteiger partial charge is 0.244 e. The summed E-state index contributed by atoms with van der Waals surface area (Å²) in [6.07, 6.45) is 5.33. The predicted molar refractivity (Wildman–Crippen MR) is 59.9 cm³/mol. The summed E-state index contributed by atoms with van der Waals surface area (Å²) in [6, 6.07) is 0.402. The first-order valence-electron chi connectivity index (χ1n) is 6.45. The molecule has 2 aliphatic heterocycles. The fourth-order valence-corrected chi connectivity index (χ4v) is 3.00. The van der Waals surface area contributed by atoms with Crippen molar-refractivity contribution in [2.45, 2.75) is 56.8 Å². The van der Waals surface area contributed by atoms with Gasteiger partial charge in [0.15, 0.2) is 0 Å². The largest absolute Gasteiger partial charge is 0.381 e. The number of carbonyl (C=O) groups excluding carboxylic acids is 1. The van der Waals surface area contributed by atoms with Crippen molar-refractivity contribution in [3.63, 3.8) is 0 Å². The molecule has 1 amide bonds. The summed E-state index contributed by atoms with van der Waals surface area (Å²) in [7, 11) is 0. The lowest BCUT2D eigenvalue weighted by atomic mass is 10.1. The van der Waals surface area contributed by atoms with Crippen molar-refractivity contribution in [1.29, 1.82) is 0 Å². The molecule has 3 rings (SSSR count). The molecule has 1 N–H and O–H groups in total. The number of nitrogens with zero attached hydrogens (tertiary/aromatic N) is 1. The van der Waals surface area contributed by atoms with Crippen molar-refractivity contribution in [2.75, 3.05) is 13.2 Å². The second kappa shape index (κ2) is 3.70. The van der Waals surface area contributed by atoms with E-state index in [0.717, 1.165) is 45.3 Å². The van der Waals surface area contributed by atoms with E-state index in [1.807, 2.05) is 0 Å². The van der Waals surface area contributed by atoms with E-state index in [2.05, 4.69) is 17.1 Å². The van der Waals surface area contributed by atoms with E-state index in [4.69, 9.17) is 4.74 Å². The van der Waals surface area contributed by atoms with E-state index in [9.17, 15) is 4.79 Å². The van der Waals surface area contributed by atoms with Gasteiger partial charge in [0.05, 0.1) is 11.7 Å². The van der Waals surface area contributed by atoms with Crippen molar-refractivity contribution in [3.8, 4) is 0 Å². The summed E-state index contributed by atoms with van der Waals surface area (Å²) >= 11 is 0. The minimum absolute atomic E-state index is 0.154. The molecule has 1 atom stereocenters. The fourth-order valence-electron chi connectivity index (χ4n) is 3.00. The Bertz CT molecular complexity index is 295. The normalized spacial score (nSPS) is 33.7. The maximum absolute atomic E-state index is 12.4. The molecule has 0 aromatic rings. The topological polar surface area (TPSA) is 41.6 Å². The highest BCUT2D eigenvalue weighted by Gasteiger charge is 2.59. The zero-order chi connectivity index (χ0) is 11.2. The van der Waals surface area contributed by atoms with Crippen LogP contribution < -0.4 is 5.32 Å². The maximum Gasteiger partial charge on any atom is 0.244 e. The molecule has 1 aliphatic carbocycles. The van der Waals surface area contributed by atoms with Crippen molar-refractivity contribution in [3.05, 3.63) is 0 Å². The Balaban J connectivity index is 1.78. The Morgan fingerprint density at radius 2 is 2.12 bits per heavy atom. The lowest BCUT2D eigenvalue weighted by Gasteiger charge is -2.34. The Morgan fingerprint density at radius 3 is 2.69 bits per heavy atom. The first kappa shape index (κ1) is 10.5. The van der Waals surface area contributed by atoms with Crippen LogP contribution in [-0.4, -0.2) is 41.8 Å². The number of hydrogen-bond donors (Lipinski definition) is 1. The Hall–Kier alpha value is -0.610. The van der Waals surface area contributed by atoms with Crippen LogP contribution in [0.4, 0.5) is 0 Å². The van der Waals surface area contributed by atoms with Crippen LogP contribution in [0.25, 0.3) is 0 Å². The molecule has 2 heterocycles. The first-order chi connectivity index (χ1) is 7.77. The van der Waals surface area contributed by atoms with Crippen molar-refractivity contribution < 1.29 is 9.53 Å². The molecule has 1 unspecified atom stereocenters. The van der Waals surface area contributed by atoms with E-state index < -0.39 is 0 Å². The van der Waals surface area contributed by atoms with Gasteiger partial charge in [-0.2, -0.15) is 0 Å². The molecule has 3 fully saturated rings. The average molecular weight is 224 g/mol. The number of rotatable bonds is 2. The number of hydrogen-bond acceptors (Lipinski definition) is 3. The van der Waals surface area contributed by atoms with Gasteiger partial charge in [0.25, 0.3) is 0 Å². The van der Waals surface area contributed by atoms with Gasteiger partial charge in [-0.05, 0) is 32.1 Å². The Labute approximate surface area is 96.3 Å². The molecule has 0 bridgehead atoms. The lowest BCUT2D eigenvalue weighted by molar-refractivity contribution is -0.134. The Kier molecular flexibility index (Phi) is 2.44. The fraction of sp³-hybridized carbons (Fsp3) is 0.917. The molecule has 3 aliphatic rings. The average Bonchev–Trinajstić information content (AvgIpc) is 3.04. The zero-order valence-corrected chi connectivity index (χ0v) is 9.87. The van der Waals surface area contributed by atoms with E-state index in [0.29, 0.717) is 11.9 Å². The number of ether oxygens (including phenoxy) is 1. The van der Waals surface area contributed by atoms with Crippen LogP contribution in [0.5, 0.6) is 0 Å². The summed E-state index contributed by atoms with van der Waals surface area (Å²) < 4.78 is 5.37. The summed E-state index contributed by atoms with van der Waals surface area (Å²) in [5.74, 6) is 0.353.